The van der Waals surface area contributed by atoms with Crippen LogP contribution in [-0.2, 0) is 0 Å². The predicted molar refractivity (Wildman–Crippen MR) is 77.1 cm³/mol. The van der Waals surface area contributed by atoms with Crippen molar-refractivity contribution < 1.29 is 14.6 Å². The first-order chi connectivity index (χ1) is 9.75. The van der Waals surface area contributed by atoms with E-state index >= 15 is 0 Å². The second-order valence-electron chi connectivity index (χ2n) is 5.10. The first-order valence-corrected chi connectivity index (χ1v) is 6.80. The van der Waals surface area contributed by atoms with Gasteiger partial charge in [-0.3, -0.25) is 0 Å². The molecule has 0 heterocycles. The largest absolute Gasteiger partial charge is 0.492 e. The number of carboxylic acid groups (broad SMARTS) is 1. The maximum atomic E-state index is 11.6. The van der Waals surface area contributed by atoms with E-state index in [0.29, 0.717) is 23.8 Å². The highest BCUT2D eigenvalue weighted by Gasteiger charge is 2.24. The molecule has 1 saturated carbocycles. The highest BCUT2D eigenvalue weighted by molar-refractivity contribution is 5.99. The van der Waals surface area contributed by atoms with Gasteiger partial charge in [0.1, 0.15) is 11.3 Å². The molecule has 0 aromatic heterocycles. The van der Waals surface area contributed by atoms with Crippen molar-refractivity contribution in [2.45, 2.75) is 12.8 Å². The van der Waals surface area contributed by atoms with Crippen molar-refractivity contribution in [3.8, 4) is 16.9 Å². The summed E-state index contributed by atoms with van der Waals surface area (Å²) in [5, 5.41) is 9.51. The van der Waals surface area contributed by atoms with Crippen molar-refractivity contribution in [1.82, 2.24) is 0 Å². The van der Waals surface area contributed by atoms with E-state index in [1.165, 1.54) is 12.8 Å². The third kappa shape index (κ3) is 2.67. The first kappa shape index (κ1) is 12.7. The molecular formula is C17H16O3. The Hall–Kier alpha value is -2.29. The summed E-state index contributed by atoms with van der Waals surface area (Å²) < 4.78 is 5.70. The maximum absolute atomic E-state index is 11.6. The van der Waals surface area contributed by atoms with Crippen molar-refractivity contribution in [3.63, 3.8) is 0 Å². The summed E-state index contributed by atoms with van der Waals surface area (Å²) in [6, 6.07) is 14.9. The minimum atomic E-state index is -0.949. The van der Waals surface area contributed by atoms with Crippen LogP contribution in [0.3, 0.4) is 0 Å². The average Bonchev–Trinajstić information content (AvgIpc) is 3.29. The molecule has 0 aliphatic heterocycles. The summed E-state index contributed by atoms with van der Waals surface area (Å²) in [6.07, 6.45) is 2.36. The molecule has 0 spiro atoms. The van der Waals surface area contributed by atoms with Crippen LogP contribution in [0.1, 0.15) is 23.2 Å². The van der Waals surface area contributed by atoms with Gasteiger partial charge in [-0.05, 0) is 36.0 Å². The number of carboxylic acids is 1. The van der Waals surface area contributed by atoms with Gasteiger partial charge in [-0.25, -0.2) is 4.79 Å². The number of rotatable bonds is 5. The van der Waals surface area contributed by atoms with Crippen LogP contribution in [0.15, 0.2) is 48.5 Å². The molecule has 1 aliphatic rings. The molecule has 102 valence electrons. The summed E-state index contributed by atoms with van der Waals surface area (Å²) in [4.78, 5) is 11.6. The van der Waals surface area contributed by atoms with E-state index in [1.54, 1.807) is 6.07 Å². The van der Waals surface area contributed by atoms with Crippen LogP contribution in [0, 0.1) is 5.92 Å². The summed E-state index contributed by atoms with van der Waals surface area (Å²) in [5.74, 6) is 0.109. The third-order valence-electron chi connectivity index (χ3n) is 3.50. The van der Waals surface area contributed by atoms with Gasteiger partial charge in [-0.1, -0.05) is 42.5 Å². The molecule has 2 aromatic carbocycles. The normalized spacial score (nSPS) is 14.0. The Balaban J connectivity index is 2.00. The van der Waals surface area contributed by atoms with Crippen LogP contribution in [0.2, 0.25) is 0 Å². The molecule has 0 bridgehead atoms. The second-order valence-corrected chi connectivity index (χ2v) is 5.10. The van der Waals surface area contributed by atoms with Crippen LogP contribution >= 0.6 is 0 Å². The van der Waals surface area contributed by atoms with Crippen molar-refractivity contribution in [3.05, 3.63) is 54.1 Å². The first-order valence-electron chi connectivity index (χ1n) is 6.80. The predicted octanol–water partition coefficient (Wildman–Crippen LogP) is 3.84. The molecule has 2 aromatic rings. The summed E-state index contributed by atoms with van der Waals surface area (Å²) >= 11 is 0. The molecule has 1 fully saturated rings. The Kier molecular flexibility index (Phi) is 3.42. The van der Waals surface area contributed by atoms with Gasteiger partial charge in [0, 0.05) is 0 Å². The molecule has 0 saturated heterocycles. The maximum Gasteiger partial charge on any atom is 0.340 e. The Morgan fingerprint density at radius 3 is 2.50 bits per heavy atom. The number of hydrogen-bond donors (Lipinski definition) is 1. The monoisotopic (exact) mass is 268 g/mol. The van der Waals surface area contributed by atoms with Gasteiger partial charge in [-0.15, -0.1) is 0 Å². The minimum absolute atomic E-state index is 0.249. The van der Waals surface area contributed by atoms with Gasteiger partial charge in [-0.2, -0.15) is 0 Å². The number of aromatic carboxylic acids is 1. The van der Waals surface area contributed by atoms with Crippen molar-refractivity contribution >= 4 is 5.97 Å². The lowest BCUT2D eigenvalue weighted by atomic mass is 9.99. The Morgan fingerprint density at radius 1 is 1.10 bits per heavy atom. The molecule has 1 aliphatic carbocycles. The van der Waals surface area contributed by atoms with Gasteiger partial charge in [0.05, 0.1) is 6.61 Å². The van der Waals surface area contributed by atoms with E-state index in [1.807, 2.05) is 42.5 Å². The second kappa shape index (κ2) is 5.37. The van der Waals surface area contributed by atoms with E-state index in [0.717, 1.165) is 5.56 Å². The number of hydrogen-bond acceptors (Lipinski definition) is 2. The number of ether oxygens (including phenoxy) is 1. The number of benzene rings is 2. The molecule has 0 radical (unpaired) electrons. The molecule has 3 heteroatoms. The molecular weight excluding hydrogens is 252 g/mol. The van der Waals surface area contributed by atoms with E-state index in [-0.39, 0.29) is 5.56 Å². The summed E-state index contributed by atoms with van der Waals surface area (Å²) in [7, 11) is 0. The zero-order chi connectivity index (χ0) is 13.9. The fourth-order valence-electron chi connectivity index (χ4n) is 2.22. The van der Waals surface area contributed by atoms with Crippen LogP contribution < -0.4 is 4.74 Å². The van der Waals surface area contributed by atoms with Crippen LogP contribution in [-0.4, -0.2) is 17.7 Å². The highest BCUT2D eigenvalue weighted by atomic mass is 16.5. The van der Waals surface area contributed by atoms with E-state index in [9.17, 15) is 9.90 Å². The smallest absolute Gasteiger partial charge is 0.340 e. The SMILES string of the molecule is O=C(O)c1c(OCC2CC2)cccc1-c1ccccc1. The van der Waals surface area contributed by atoms with Crippen LogP contribution in [0.25, 0.3) is 11.1 Å². The van der Waals surface area contributed by atoms with Crippen molar-refractivity contribution in [2.24, 2.45) is 5.92 Å². The van der Waals surface area contributed by atoms with Gasteiger partial charge in [0.25, 0.3) is 0 Å². The number of carbonyl (C=O) groups is 1. The minimum Gasteiger partial charge on any atom is -0.492 e. The zero-order valence-corrected chi connectivity index (χ0v) is 11.1. The fourth-order valence-corrected chi connectivity index (χ4v) is 2.22. The molecule has 0 unspecified atom stereocenters. The Labute approximate surface area is 117 Å². The molecule has 0 atom stereocenters. The van der Waals surface area contributed by atoms with E-state index < -0.39 is 5.97 Å². The molecule has 20 heavy (non-hydrogen) atoms. The quantitative estimate of drug-likeness (QED) is 0.896. The molecule has 0 amide bonds. The van der Waals surface area contributed by atoms with Crippen molar-refractivity contribution in [2.75, 3.05) is 6.61 Å². The molecule has 1 N–H and O–H groups in total. The fraction of sp³-hybridized carbons (Fsp3) is 0.235. The van der Waals surface area contributed by atoms with E-state index in [4.69, 9.17) is 4.74 Å². The highest BCUT2D eigenvalue weighted by Crippen LogP contribution is 2.33. The molecule has 3 rings (SSSR count). The van der Waals surface area contributed by atoms with Gasteiger partial charge in [0.2, 0.25) is 0 Å². The lowest BCUT2D eigenvalue weighted by Crippen LogP contribution is -2.07. The Bertz CT molecular complexity index is 615. The molecule has 3 nitrogen and oxygen atoms in total. The lowest BCUT2D eigenvalue weighted by Gasteiger charge is -2.12. The van der Waals surface area contributed by atoms with Crippen LogP contribution in [0.5, 0.6) is 5.75 Å². The third-order valence-corrected chi connectivity index (χ3v) is 3.50. The standard InChI is InChI=1S/C17H16O3/c18-17(19)16-14(13-5-2-1-3-6-13)7-4-8-15(16)20-11-12-9-10-12/h1-8,12H,9-11H2,(H,18,19). The van der Waals surface area contributed by atoms with Crippen LogP contribution in [0.4, 0.5) is 0 Å². The lowest BCUT2D eigenvalue weighted by molar-refractivity contribution is 0.0693. The zero-order valence-electron chi connectivity index (χ0n) is 11.1. The van der Waals surface area contributed by atoms with Crippen molar-refractivity contribution in [1.29, 1.82) is 0 Å². The average molecular weight is 268 g/mol. The summed E-state index contributed by atoms with van der Waals surface area (Å²) in [5.41, 5.74) is 1.84. The topological polar surface area (TPSA) is 46.5 Å². The summed E-state index contributed by atoms with van der Waals surface area (Å²) in [6.45, 7) is 0.610. The van der Waals surface area contributed by atoms with E-state index in [2.05, 4.69) is 0 Å². The van der Waals surface area contributed by atoms with Gasteiger partial charge < -0.3 is 9.84 Å². The van der Waals surface area contributed by atoms with Gasteiger partial charge >= 0.3 is 5.97 Å². The Morgan fingerprint density at radius 2 is 1.85 bits per heavy atom. The van der Waals surface area contributed by atoms with Gasteiger partial charge in [0.15, 0.2) is 0 Å².